The highest BCUT2D eigenvalue weighted by atomic mass is 16.5. The van der Waals surface area contributed by atoms with Crippen LogP contribution in [0.2, 0.25) is 0 Å². The number of nitrogens with zero attached hydrogens (tertiary/aromatic N) is 2. The van der Waals surface area contributed by atoms with Gasteiger partial charge in [0.05, 0.1) is 7.11 Å². The Morgan fingerprint density at radius 2 is 1.89 bits per heavy atom. The lowest BCUT2D eigenvalue weighted by Gasteiger charge is -2.19. The largest absolute Gasteiger partial charge is 0.496 e. The van der Waals surface area contributed by atoms with Crippen molar-refractivity contribution in [2.75, 3.05) is 45.2 Å². The summed E-state index contributed by atoms with van der Waals surface area (Å²) in [6.07, 6.45) is 2.11. The van der Waals surface area contributed by atoms with Crippen molar-refractivity contribution in [1.29, 1.82) is 0 Å². The fourth-order valence-electron chi connectivity index (χ4n) is 3.56. The molecule has 2 N–H and O–H groups in total. The zero-order chi connectivity index (χ0) is 18.9. The molecule has 1 heterocycles. The van der Waals surface area contributed by atoms with Crippen molar-refractivity contribution in [3.63, 3.8) is 0 Å². The Balaban J connectivity index is 1.41. The monoisotopic (exact) mass is 366 g/mol. The third kappa shape index (κ3) is 5.39. The van der Waals surface area contributed by atoms with Gasteiger partial charge in [0.25, 0.3) is 0 Å². The zero-order valence-electron chi connectivity index (χ0n) is 16.3. The molecule has 1 unspecified atom stereocenters. The molecule has 1 atom stereocenters. The van der Waals surface area contributed by atoms with Crippen molar-refractivity contribution in [2.24, 2.45) is 10.9 Å². The molecule has 1 fully saturated rings. The second-order valence-corrected chi connectivity index (χ2v) is 6.88. The van der Waals surface area contributed by atoms with Crippen LogP contribution >= 0.6 is 0 Å². The quantitative estimate of drug-likeness (QED) is 0.584. The van der Waals surface area contributed by atoms with E-state index in [1.165, 1.54) is 17.7 Å². The Morgan fingerprint density at radius 3 is 2.67 bits per heavy atom. The number of benzene rings is 2. The van der Waals surface area contributed by atoms with Gasteiger partial charge in [-0.3, -0.25) is 4.99 Å². The minimum Gasteiger partial charge on any atom is -0.496 e. The third-order valence-corrected chi connectivity index (χ3v) is 5.07. The maximum absolute atomic E-state index is 5.41. The standard InChI is InChI=1S/C22H30N4O/c1-23-22(24-14-12-19-8-6-7-11-21(19)27-2)25-16-18-13-15-26(17-18)20-9-4-3-5-10-20/h3-11,18H,12-17H2,1-2H3,(H2,23,24,25). The Morgan fingerprint density at radius 1 is 1.11 bits per heavy atom. The van der Waals surface area contributed by atoms with Gasteiger partial charge in [-0.15, -0.1) is 0 Å². The molecule has 0 amide bonds. The molecule has 0 aromatic heterocycles. The Bertz CT molecular complexity index is 732. The summed E-state index contributed by atoms with van der Waals surface area (Å²) in [6.45, 7) is 3.98. The smallest absolute Gasteiger partial charge is 0.190 e. The van der Waals surface area contributed by atoms with E-state index in [1.807, 2.05) is 25.2 Å². The summed E-state index contributed by atoms with van der Waals surface area (Å²) in [7, 11) is 3.54. The van der Waals surface area contributed by atoms with Crippen molar-refractivity contribution < 1.29 is 4.74 Å². The van der Waals surface area contributed by atoms with E-state index in [9.17, 15) is 0 Å². The number of para-hydroxylation sites is 2. The highest BCUT2D eigenvalue weighted by Crippen LogP contribution is 2.23. The van der Waals surface area contributed by atoms with Crippen LogP contribution in [0, 0.1) is 5.92 Å². The normalized spacial score (nSPS) is 17.0. The van der Waals surface area contributed by atoms with Gasteiger partial charge in [0, 0.05) is 38.9 Å². The van der Waals surface area contributed by atoms with Crippen LogP contribution in [0.1, 0.15) is 12.0 Å². The molecule has 5 nitrogen and oxygen atoms in total. The van der Waals surface area contributed by atoms with Crippen molar-refractivity contribution in [2.45, 2.75) is 12.8 Å². The van der Waals surface area contributed by atoms with E-state index < -0.39 is 0 Å². The highest BCUT2D eigenvalue weighted by Gasteiger charge is 2.22. The van der Waals surface area contributed by atoms with Crippen LogP contribution in [0.4, 0.5) is 5.69 Å². The molecule has 2 aromatic rings. The first-order valence-corrected chi connectivity index (χ1v) is 9.66. The minimum atomic E-state index is 0.637. The van der Waals surface area contributed by atoms with Gasteiger partial charge in [0.2, 0.25) is 0 Å². The summed E-state index contributed by atoms with van der Waals surface area (Å²) in [6, 6.07) is 18.8. The van der Waals surface area contributed by atoms with E-state index in [4.69, 9.17) is 4.74 Å². The second-order valence-electron chi connectivity index (χ2n) is 6.88. The lowest BCUT2D eigenvalue weighted by Crippen LogP contribution is -2.41. The van der Waals surface area contributed by atoms with Gasteiger partial charge in [0.1, 0.15) is 5.75 Å². The molecule has 1 saturated heterocycles. The number of hydrogen-bond donors (Lipinski definition) is 2. The van der Waals surface area contributed by atoms with Crippen LogP contribution in [0.3, 0.4) is 0 Å². The number of methoxy groups -OCH3 is 1. The Hall–Kier alpha value is -2.69. The number of rotatable bonds is 7. The van der Waals surface area contributed by atoms with Crippen molar-refractivity contribution in [3.8, 4) is 5.75 Å². The summed E-state index contributed by atoms with van der Waals surface area (Å²) in [5, 5.41) is 6.89. The summed E-state index contributed by atoms with van der Waals surface area (Å²) in [5.41, 5.74) is 2.52. The average Bonchev–Trinajstić information content (AvgIpc) is 3.20. The Kier molecular flexibility index (Phi) is 6.97. The molecular weight excluding hydrogens is 336 g/mol. The lowest BCUT2D eigenvalue weighted by molar-refractivity contribution is 0.409. The van der Waals surface area contributed by atoms with E-state index >= 15 is 0 Å². The molecule has 144 valence electrons. The maximum atomic E-state index is 5.41. The molecule has 0 radical (unpaired) electrons. The lowest BCUT2D eigenvalue weighted by atomic mass is 10.1. The molecule has 1 aliphatic rings. The topological polar surface area (TPSA) is 48.9 Å². The first kappa shape index (κ1) is 19.1. The van der Waals surface area contributed by atoms with Gasteiger partial charge < -0.3 is 20.3 Å². The van der Waals surface area contributed by atoms with Crippen LogP contribution < -0.4 is 20.3 Å². The molecule has 1 aliphatic heterocycles. The van der Waals surface area contributed by atoms with Crippen molar-refractivity contribution in [1.82, 2.24) is 10.6 Å². The molecule has 0 spiro atoms. The van der Waals surface area contributed by atoms with Gasteiger partial charge in [-0.05, 0) is 42.5 Å². The third-order valence-electron chi connectivity index (χ3n) is 5.07. The number of ether oxygens (including phenoxy) is 1. The van der Waals surface area contributed by atoms with Crippen LogP contribution in [-0.4, -0.2) is 46.3 Å². The number of anilines is 1. The fourth-order valence-corrected chi connectivity index (χ4v) is 3.56. The number of guanidine groups is 1. The molecule has 0 saturated carbocycles. The maximum Gasteiger partial charge on any atom is 0.190 e. The van der Waals surface area contributed by atoms with Crippen molar-refractivity contribution >= 4 is 11.6 Å². The summed E-state index contributed by atoms with van der Waals surface area (Å²) >= 11 is 0. The predicted octanol–water partition coefficient (Wildman–Crippen LogP) is 2.93. The van der Waals surface area contributed by atoms with Crippen LogP contribution in [0.15, 0.2) is 59.6 Å². The van der Waals surface area contributed by atoms with E-state index in [-0.39, 0.29) is 0 Å². The number of hydrogen-bond acceptors (Lipinski definition) is 3. The summed E-state index contributed by atoms with van der Waals surface area (Å²) < 4.78 is 5.41. The summed E-state index contributed by atoms with van der Waals surface area (Å²) in [5.74, 6) is 2.44. The molecular formula is C22H30N4O. The predicted molar refractivity (Wildman–Crippen MR) is 113 cm³/mol. The zero-order valence-corrected chi connectivity index (χ0v) is 16.3. The van der Waals surface area contributed by atoms with Crippen LogP contribution in [0.25, 0.3) is 0 Å². The van der Waals surface area contributed by atoms with Gasteiger partial charge in [-0.2, -0.15) is 0 Å². The van der Waals surface area contributed by atoms with Crippen LogP contribution in [-0.2, 0) is 6.42 Å². The van der Waals surface area contributed by atoms with Gasteiger partial charge >= 0.3 is 0 Å². The number of nitrogens with one attached hydrogen (secondary N) is 2. The van der Waals surface area contributed by atoms with Crippen molar-refractivity contribution in [3.05, 3.63) is 60.2 Å². The average molecular weight is 367 g/mol. The van der Waals surface area contributed by atoms with E-state index in [1.54, 1.807) is 7.11 Å². The number of aliphatic imine (C=N–C) groups is 1. The molecule has 0 bridgehead atoms. The highest BCUT2D eigenvalue weighted by molar-refractivity contribution is 5.79. The molecule has 3 rings (SSSR count). The van der Waals surface area contributed by atoms with E-state index in [0.717, 1.165) is 44.3 Å². The van der Waals surface area contributed by atoms with E-state index in [0.29, 0.717) is 5.92 Å². The van der Waals surface area contributed by atoms with Gasteiger partial charge in [-0.1, -0.05) is 36.4 Å². The fraction of sp³-hybridized carbons (Fsp3) is 0.409. The van der Waals surface area contributed by atoms with Gasteiger partial charge in [-0.25, -0.2) is 0 Å². The molecule has 5 heteroatoms. The van der Waals surface area contributed by atoms with Crippen LogP contribution in [0.5, 0.6) is 5.75 Å². The molecule has 2 aromatic carbocycles. The Labute approximate surface area is 162 Å². The minimum absolute atomic E-state index is 0.637. The SMILES string of the molecule is CN=C(NCCc1ccccc1OC)NCC1CCN(c2ccccc2)C1. The first-order valence-electron chi connectivity index (χ1n) is 9.66. The van der Waals surface area contributed by atoms with E-state index in [2.05, 4.69) is 56.9 Å². The second kappa shape index (κ2) is 9.86. The molecule has 27 heavy (non-hydrogen) atoms. The first-order chi connectivity index (χ1) is 13.3. The molecule has 0 aliphatic carbocycles. The summed E-state index contributed by atoms with van der Waals surface area (Å²) in [4.78, 5) is 6.81. The van der Waals surface area contributed by atoms with Gasteiger partial charge in [0.15, 0.2) is 5.96 Å².